The van der Waals surface area contributed by atoms with Crippen molar-refractivity contribution < 1.29 is 14.4 Å². The van der Waals surface area contributed by atoms with Crippen molar-refractivity contribution in [3.8, 4) is 0 Å². The second-order valence-corrected chi connectivity index (χ2v) is 9.80. The number of imide groups is 1. The van der Waals surface area contributed by atoms with E-state index in [1.165, 1.54) is 12.1 Å². The first kappa shape index (κ1) is 21.2. The van der Waals surface area contributed by atoms with Crippen LogP contribution in [-0.4, -0.2) is 34.8 Å². The molecule has 0 bridgehead atoms. The monoisotopic (exact) mass is 445 g/mol. The molecule has 3 rings (SSSR count). The van der Waals surface area contributed by atoms with E-state index in [-0.39, 0.29) is 33.0 Å². The van der Waals surface area contributed by atoms with E-state index in [2.05, 4.69) is 31.4 Å². The average Bonchev–Trinajstić information content (AvgIpc) is 2.72. The minimum absolute atomic E-state index is 0.0801. The van der Waals surface area contributed by atoms with Crippen LogP contribution in [-0.2, 0) is 9.59 Å². The molecule has 2 atom stereocenters. The van der Waals surface area contributed by atoms with Gasteiger partial charge in [0.2, 0.25) is 5.91 Å². The summed E-state index contributed by atoms with van der Waals surface area (Å²) in [5.41, 5.74) is -0.843. The van der Waals surface area contributed by atoms with Gasteiger partial charge in [-0.3, -0.25) is 14.5 Å². The molecule has 0 radical (unpaired) electrons. The van der Waals surface area contributed by atoms with Gasteiger partial charge in [-0.1, -0.05) is 55.6 Å². The number of hydrogen-bond acceptors (Lipinski definition) is 3. The SMILES string of the molecule is C[C@H]1CC(C)(C)C[C@@]2(C1)NC(=O)N(CC(=O)Nc1c(Cl)cc(Cl)cc1Cl)C2=O. The molecule has 0 unspecified atom stereocenters. The lowest BCUT2D eigenvalue weighted by Gasteiger charge is -2.43. The van der Waals surface area contributed by atoms with Crippen LogP contribution in [0.4, 0.5) is 10.5 Å². The van der Waals surface area contributed by atoms with Crippen LogP contribution in [0, 0.1) is 11.3 Å². The summed E-state index contributed by atoms with van der Waals surface area (Å²) in [6.45, 7) is 5.83. The van der Waals surface area contributed by atoms with Crippen molar-refractivity contribution in [1.82, 2.24) is 10.2 Å². The van der Waals surface area contributed by atoms with Gasteiger partial charge in [0, 0.05) is 5.02 Å². The molecule has 1 aliphatic heterocycles. The molecule has 2 aliphatic rings. The maximum Gasteiger partial charge on any atom is 0.325 e. The van der Waals surface area contributed by atoms with Gasteiger partial charge < -0.3 is 10.6 Å². The van der Waals surface area contributed by atoms with Crippen LogP contribution in [0.1, 0.15) is 40.0 Å². The van der Waals surface area contributed by atoms with Crippen LogP contribution in [0.25, 0.3) is 0 Å². The van der Waals surface area contributed by atoms with Crippen LogP contribution in [0.2, 0.25) is 15.1 Å². The number of anilines is 1. The van der Waals surface area contributed by atoms with Crippen molar-refractivity contribution in [2.75, 3.05) is 11.9 Å². The number of halogens is 3. The van der Waals surface area contributed by atoms with Gasteiger partial charge in [-0.15, -0.1) is 0 Å². The number of nitrogens with one attached hydrogen (secondary N) is 2. The van der Waals surface area contributed by atoms with Crippen molar-refractivity contribution in [3.05, 3.63) is 27.2 Å². The maximum absolute atomic E-state index is 13.1. The number of benzene rings is 1. The minimum Gasteiger partial charge on any atom is -0.323 e. The summed E-state index contributed by atoms with van der Waals surface area (Å²) in [5, 5.41) is 6.07. The van der Waals surface area contributed by atoms with Crippen molar-refractivity contribution in [1.29, 1.82) is 0 Å². The van der Waals surface area contributed by atoms with E-state index in [1.807, 2.05) is 0 Å². The molecule has 4 amide bonds. The van der Waals surface area contributed by atoms with E-state index in [0.29, 0.717) is 17.9 Å². The quantitative estimate of drug-likeness (QED) is 0.659. The Morgan fingerprint density at radius 2 is 1.82 bits per heavy atom. The van der Waals surface area contributed by atoms with E-state index in [4.69, 9.17) is 34.8 Å². The number of carbonyl (C=O) groups is 3. The van der Waals surface area contributed by atoms with Gasteiger partial charge in [0.05, 0.1) is 15.7 Å². The molecule has 152 valence electrons. The Labute approximate surface area is 178 Å². The molecule has 1 aromatic rings. The smallest absolute Gasteiger partial charge is 0.323 e. The maximum atomic E-state index is 13.1. The zero-order valence-electron chi connectivity index (χ0n) is 15.9. The fourth-order valence-electron chi connectivity index (χ4n) is 4.63. The van der Waals surface area contributed by atoms with Gasteiger partial charge in [-0.25, -0.2) is 4.79 Å². The number of carbonyl (C=O) groups excluding carboxylic acids is 3. The fraction of sp³-hybridized carbons (Fsp3) is 0.526. The zero-order valence-corrected chi connectivity index (χ0v) is 18.1. The summed E-state index contributed by atoms with van der Waals surface area (Å²) < 4.78 is 0. The number of urea groups is 1. The highest BCUT2D eigenvalue weighted by Crippen LogP contribution is 2.46. The van der Waals surface area contributed by atoms with Gasteiger partial charge in [-0.05, 0) is 42.7 Å². The standard InChI is InChI=1S/C19H22Cl3N3O3/c1-10-6-18(2,3)9-19(7-10)16(27)25(17(28)24-19)8-14(26)23-15-12(21)4-11(20)5-13(15)22/h4-5,10H,6-9H2,1-3H3,(H,23,26)(H,24,28)/t10-,19+/m0/s1. The first-order valence-corrected chi connectivity index (χ1v) is 10.1. The Morgan fingerprint density at radius 3 is 2.39 bits per heavy atom. The second kappa shape index (κ2) is 7.39. The Bertz CT molecular complexity index is 835. The molecule has 9 heteroatoms. The van der Waals surface area contributed by atoms with E-state index >= 15 is 0 Å². The molecule has 1 aliphatic carbocycles. The summed E-state index contributed by atoms with van der Waals surface area (Å²) in [4.78, 5) is 39.0. The molecular weight excluding hydrogens is 425 g/mol. The molecule has 1 saturated heterocycles. The van der Waals surface area contributed by atoms with Crippen molar-refractivity contribution in [2.45, 2.75) is 45.6 Å². The first-order valence-electron chi connectivity index (χ1n) is 9.01. The van der Waals surface area contributed by atoms with Crippen LogP contribution < -0.4 is 10.6 Å². The van der Waals surface area contributed by atoms with E-state index in [0.717, 1.165) is 11.3 Å². The highest BCUT2D eigenvalue weighted by Gasteiger charge is 2.56. The van der Waals surface area contributed by atoms with E-state index < -0.39 is 24.0 Å². The minimum atomic E-state index is -0.950. The normalized spacial score (nSPS) is 26.5. The molecular formula is C19H22Cl3N3O3. The Hall–Kier alpha value is -1.50. The third-order valence-corrected chi connectivity index (χ3v) is 6.01. The molecule has 28 heavy (non-hydrogen) atoms. The first-order chi connectivity index (χ1) is 12.9. The number of amides is 4. The van der Waals surface area contributed by atoms with Crippen molar-refractivity contribution in [3.63, 3.8) is 0 Å². The van der Waals surface area contributed by atoms with Gasteiger partial charge in [0.25, 0.3) is 5.91 Å². The molecule has 2 N–H and O–H groups in total. The third-order valence-electron chi connectivity index (χ3n) is 5.20. The molecule has 1 saturated carbocycles. The molecule has 6 nitrogen and oxygen atoms in total. The lowest BCUT2D eigenvalue weighted by Crippen LogP contribution is -2.54. The van der Waals surface area contributed by atoms with E-state index in [1.54, 1.807) is 0 Å². The largest absolute Gasteiger partial charge is 0.325 e. The molecule has 2 fully saturated rings. The highest BCUT2D eigenvalue weighted by molar-refractivity contribution is 6.42. The Kier molecular flexibility index (Phi) is 5.60. The zero-order chi connectivity index (χ0) is 20.9. The predicted molar refractivity (Wildman–Crippen MR) is 110 cm³/mol. The van der Waals surface area contributed by atoms with Gasteiger partial charge >= 0.3 is 6.03 Å². The Balaban J connectivity index is 1.75. The number of nitrogens with zero attached hydrogens (tertiary/aromatic N) is 1. The van der Waals surface area contributed by atoms with Gasteiger partial charge in [-0.2, -0.15) is 0 Å². The summed E-state index contributed by atoms with van der Waals surface area (Å²) in [7, 11) is 0. The lowest BCUT2D eigenvalue weighted by atomic mass is 9.64. The van der Waals surface area contributed by atoms with Crippen molar-refractivity contribution in [2.24, 2.45) is 11.3 Å². The second-order valence-electron chi connectivity index (χ2n) is 8.55. The molecule has 0 aromatic heterocycles. The highest BCUT2D eigenvalue weighted by atomic mass is 35.5. The topological polar surface area (TPSA) is 78.5 Å². The van der Waals surface area contributed by atoms with Gasteiger partial charge in [0.1, 0.15) is 12.1 Å². The van der Waals surface area contributed by atoms with Crippen LogP contribution in [0.15, 0.2) is 12.1 Å². The predicted octanol–water partition coefficient (Wildman–Crippen LogP) is 4.72. The number of hydrogen-bond donors (Lipinski definition) is 2. The van der Waals surface area contributed by atoms with Crippen molar-refractivity contribution >= 4 is 58.3 Å². The van der Waals surface area contributed by atoms with Crippen LogP contribution in [0.5, 0.6) is 0 Å². The van der Waals surface area contributed by atoms with Crippen LogP contribution >= 0.6 is 34.8 Å². The van der Waals surface area contributed by atoms with Gasteiger partial charge in [0.15, 0.2) is 0 Å². The third kappa shape index (κ3) is 4.09. The molecule has 1 aromatic carbocycles. The van der Waals surface area contributed by atoms with Crippen LogP contribution in [0.3, 0.4) is 0 Å². The molecule has 1 spiro atoms. The Morgan fingerprint density at radius 1 is 1.21 bits per heavy atom. The number of rotatable bonds is 3. The summed E-state index contributed by atoms with van der Waals surface area (Å²) in [6, 6.07) is 2.33. The summed E-state index contributed by atoms with van der Waals surface area (Å²) >= 11 is 18.0. The summed E-state index contributed by atoms with van der Waals surface area (Å²) in [5.74, 6) is -0.649. The summed E-state index contributed by atoms with van der Waals surface area (Å²) in [6.07, 6.45) is 2.09. The fourth-order valence-corrected chi connectivity index (χ4v) is 5.55. The lowest BCUT2D eigenvalue weighted by molar-refractivity contribution is -0.136. The van der Waals surface area contributed by atoms with E-state index in [9.17, 15) is 14.4 Å². The molecule has 1 heterocycles. The average molecular weight is 447 g/mol.